The van der Waals surface area contributed by atoms with Gasteiger partial charge in [-0.05, 0) is 26.8 Å². The predicted molar refractivity (Wildman–Crippen MR) is 68.9 cm³/mol. The van der Waals surface area contributed by atoms with E-state index in [-0.39, 0.29) is 6.10 Å². The van der Waals surface area contributed by atoms with Crippen molar-refractivity contribution in [2.45, 2.75) is 51.7 Å². The van der Waals surface area contributed by atoms with Crippen molar-refractivity contribution in [3.63, 3.8) is 0 Å². The molecule has 0 saturated carbocycles. The Labute approximate surface area is 102 Å². The third kappa shape index (κ3) is 4.60. The Kier molecular flexibility index (Phi) is 5.95. The maximum absolute atomic E-state index is 9.97. The number of aromatic nitrogens is 1. The Balaban J connectivity index is 2.37. The summed E-state index contributed by atoms with van der Waals surface area (Å²) in [7, 11) is 1.96. The van der Waals surface area contributed by atoms with E-state index in [1.165, 1.54) is 0 Å². The third-order valence-electron chi connectivity index (χ3n) is 2.68. The highest BCUT2D eigenvalue weighted by Crippen LogP contribution is 2.14. The van der Waals surface area contributed by atoms with Crippen LogP contribution in [-0.2, 0) is 6.42 Å². The van der Waals surface area contributed by atoms with Gasteiger partial charge in [0.05, 0.1) is 11.1 Å². The average Bonchev–Trinajstić information content (AvgIpc) is 2.63. The van der Waals surface area contributed by atoms with Gasteiger partial charge in [-0.2, -0.15) is 0 Å². The van der Waals surface area contributed by atoms with Gasteiger partial charge in [-0.15, -0.1) is 11.3 Å². The van der Waals surface area contributed by atoms with Crippen LogP contribution in [0.1, 0.15) is 36.9 Å². The number of rotatable bonds is 7. The molecule has 0 amide bonds. The van der Waals surface area contributed by atoms with Gasteiger partial charge in [-0.1, -0.05) is 13.3 Å². The highest BCUT2D eigenvalue weighted by molar-refractivity contribution is 7.09. The first-order chi connectivity index (χ1) is 7.65. The van der Waals surface area contributed by atoms with Crippen molar-refractivity contribution in [1.29, 1.82) is 0 Å². The van der Waals surface area contributed by atoms with Gasteiger partial charge in [0.15, 0.2) is 0 Å². The van der Waals surface area contributed by atoms with E-state index >= 15 is 0 Å². The van der Waals surface area contributed by atoms with Crippen LogP contribution in [0.5, 0.6) is 0 Å². The minimum absolute atomic E-state index is 0.283. The molecule has 0 bridgehead atoms. The highest BCUT2D eigenvalue weighted by atomic mass is 32.1. The second kappa shape index (κ2) is 6.99. The van der Waals surface area contributed by atoms with Crippen LogP contribution >= 0.6 is 11.3 Å². The van der Waals surface area contributed by atoms with Gasteiger partial charge in [0, 0.05) is 23.5 Å². The fraction of sp³-hybridized carbons (Fsp3) is 0.750. The Morgan fingerprint density at radius 3 is 2.81 bits per heavy atom. The lowest BCUT2D eigenvalue weighted by Gasteiger charge is -2.18. The molecule has 0 fully saturated rings. The Hall–Kier alpha value is -0.450. The number of aliphatic hydroxyl groups is 1. The van der Waals surface area contributed by atoms with Gasteiger partial charge in [0.1, 0.15) is 0 Å². The van der Waals surface area contributed by atoms with Gasteiger partial charge in [-0.3, -0.25) is 0 Å². The first kappa shape index (κ1) is 13.6. The summed E-state index contributed by atoms with van der Waals surface area (Å²) in [5.41, 5.74) is 1.05. The molecule has 0 aliphatic carbocycles. The third-order valence-corrected chi connectivity index (χ3v) is 3.67. The van der Waals surface area contributed by atoms with E-state index in [0.717, 1.165) is 30.0 Å². The molecule has 4 heteroatoms. The molecule has 0 spiro atoms. The first-order valence-electron chi connectivity index (χ1n) is 5.92. The average molecular weight is 242 g/mol. The van der Waals surface area contributed by atoms with Gasteiger partial charge in [0.2, 0.25) is 0 Å². The van der Waals surface area contributed by atoms with Crippen LogP contribution in [0.15, 0.2) is 5.38 Å². The number of thiazole rings is 1. The lowest BCUT2D eigenvalue weighted by atomic mass is 10.0. The Morgan fingerprint density at radius 1 is 1.56 bits per heavy atom. The lowest BCUT2D eigenvalue weighted by Crippen LogP contribution is -2.30. The monoisotopic (exact) mass is 242 g/mol. The minimum atomic E-state index is -0.283. The summed E-state index contributed by atoms with van der Waals surface area (Å²) in [5, 5.41) is 16.3. The van der Waals surface area contributed by atoms with Crippen molar-refractivity contribution in [3.05, 3.63) is 16.1 Å². The zero-order chi connectivity index (χ0) is 12.0. The largest absolute Gasteiger partial charge is 0.393 e. The highest BCUT2D eigenvalue weighted by Gasteiger charge is 2.14. The SMILES string of the molecule is CCCC(CC(O)Cc1nc(C)cs1)NC. The molecule has 0 aliphatic rings. The molecular weight excluding hydrogens is 220 g/mol. The minimum Gasteiger partial charge on any atom is -0.393 e. The van der Waals surface area contributed by atoms with Gasteiger partial charge in [0.25, 0.3) is 0 Å². The van der Waals surface area contributed by atoms with Crippen LogP contribution < -0.4 is 5.32 Å². The summed E-state index contributed by atoms with van der Waals surface area (Å²) in [6.07, 6.45) is 3.47. The summed E-state index contributed by atoms with van der Waals surface area (Å²) >= 11 is 1.63. The molecule has 2 atom stereocenters. The van der Waals surface area contributed by atoms with E-state index in [2.05, 4.69) is 17.2 Å². The molecule has 2 N–H and O–H groups in total. The lowest BCUT2D eigenvalue weighted by molar-refractivity contribution is 0.148. The number of nitrogens with one attached hydrogen (secondary N) is 1. The number of hydrogen-bond acceptors (Lipinski definition) is 4. The topological polar surface area (TPSA) is 45.2 Å². The summed E-state index contributed by atoms with van der Waals surface area (Å²) in [4.78, 5) is 4.37. The fourth-order valence-corrected chi connectivity index (χ4v) is 2.68. The van der Waals surface area contributed by atoms with Crippen LogP contribution in [0.3, 0.4) is 0 Å². The van der Waals surface area contributed by atoms with Crippen LogP contribution in [0.4, 0.5) is 0 Å². The molecule has 0 aliphatic heterocycles. The molecule has 16 heavy (non-hydrogen) atoms. The van der Waals surface area contributed by atoms with Gasteiger partial charge in [-0.25, -0.2) is 4.98 Å². The standard InChI is InChI=1S/C12H22N2OS/c1-4-5-10(13-3)6-11(15)7-12-14-9(2)8-16-12/h8,10-11,13,15H,4-7H2,1-3H3. The van der Waals surface area contributed by atoms with E-state index in [4.69, 9.17) is 0 Å². The Morgan fingerprint density at radius 2 is 2.31 bits per heavy atom. The molecule has 92 valence electrons. The quantitative estimate of drug-likeness (QED) is 0.770. The van der Waals surface area contributed by atoms with E-state index in [0.29, 0.717) is 12.5 Å². The molecule has 1 aromatic rings. The normalized spacial score (nSPS) is 15.0. The van der Waals surface area contributed by atoms with Crippen molar-refractivity contribution >= 4 is 11.3 Å². The molecule has 0 radical (unpaired) electrons. The number of aliphatic hydroxyl groups excluding tert-OH is 1. The van der Waals surface area contributed by atoms with Gasteiger partial charge >= 0.3 is 0 Å². The zero-order valence-corrected chi connectivity index (χ0v) is 11.2. The summed E-state index contributed by atoms with van der Waals surface area (Å²) in [6.45, 7) is 4.15. The molecule has 0 aromatic carbocycles. The van der Waals surface area contributed by atoms with Crippen molar-refractivity contribution in [2.75, 3.05) is 7.05 Å². The van der Waals surface area contributed by atoms with Crippen LogP contribution in [0, 0.1) is 6.92 Å². The van der Waals surface area contributed by atoms with Gasteiger partial charge < -0.3 is 10.4 Å². The van der Waals surface area contributed by atoms with Crippen LogP contribution in [0.2, 0.25) is 0 Å². The maximum Gasteiger partial charge on any atom is 0.0953 e. The first-order valence-corrected chi connectivity index (χ1v) is 6.80. The summed E-state index contributed by atoms with van der Waals surface area (Å²) < 4.78 is 0. The maximum atomic E-state index is 9.97. The number of aryl methyl sites for hydroxylation is 1. The van der Waals surface area contributed by atoms with Crippen molar-refractivity contribution in [2.24, 2.45) is 0 Å². The van der Waals surface area contributed by atoms with E-state index in [1.54, 1.807) is 11.3 Å². The summed E-state index contributed by atoms with van der Waals surface area (Å²) in [5.74, 6) is 0. The molecule has 0 saturated heterocycles. The zero-order valence-electron chi connectivity index (χ0n) is 10.4. The number of nitrogens with zero attached hydrogens (tertiary/aromatic N) is 1. The van der Waals surface area contributed by atoms with Crippen LogP contribution in [-0.4, -0.2) is 29.3 Å². The second-order valence-electron chi connectivity index (χ2n) is 4.25. The molecule has 3 nitrogen and oxygen atoms in total. The van der Waals surface area contributed by atoms with E-state index < -0.39 is 0 Å². The van der Waals surface area contributed by atoms with E-state index in [1.807, 2.05) is 19.4 Å². The fourth-order valence-electron chi connectivity index (χ4n) is 1.84. The van der Waals surface area contributed by atoms with Crippen molar-refractivity contribution < 1.29 is 5.11 Å². The predicted octanol–water partition coefficient (Wildman–Crippen LogP) is 2.13. The van der Waals surface area contributed by atoms with Crippen molar-refractivity contribution in [1.82, 2.24) is 10.3 Å². The van der Waals surface area contributed by atoms with E-state index in [9.17, 15) is 5.11 Å². The molecule has 2 unspecified atom stereocenters. The Bertz CT molecular complexity index is 301. The molecule has 1 aromatic heterocycles. The number of hydrogen-bond donors (Lipinski definition) is 2. The van der Waals surface area contributed by atoms with Crippen LogP contribution in [0.25, 0.3) is 0 Å². The molecule has 1 rings (SSSR count). The summed E-state index contributed by atoms with van der Waals surface area (Å²) in [6, 6.07) is 0.418. The molecular formula is C12H22N2OS. The van der Waals surface area contributed by atoms with Crippen molar-refractivity contribution in [3.8, 4) is 0 Å². The smallest absolute Gasteiger partial charge is 0.0953 e. The molecule has 1 heterocycles. The second-order valence-corrected chi connectivity index (χ2v) is 5.19.